The monoisotopic (exact) mass is 444 g/mol. The molecular formula is C24H23F3N2O3. The van der Waals surface area contributed by atoms with Crippen molar-refractivity contribution in [3.63, 3.8) is 0 Å². The molecule has 0 radical (unpaired) electrons. The molecule has 0 saturated carbocycles. The van der Waals surface area contributed by atoms with Crippen LogP contribution in [-0.2, 0) is 6.18 Å². The Bertz CT molecular complexity index is 1040. The van der Waals surface area contributed by atoms with Crippen molar-refractivity contribution in [2.75, 3.05) is 24.6 Å². The normalized spacial score (nSPS) is 17.4. The molecule has 0 aliphatic carbocycles. The van der Waals surface area contributed by atoms with E-state index in [1.54, 1.807) is 0 Å². The summed E-state index contributed by atoms with van der Waals surface area (Å²) < 4.78 is 43.9. The van der Waals surface area contributed by atoms with Crippen molar-refractivity contribution in [2.24, 2.45) is 0 Å². The third-order valence-electron chi connectivity index (χ3n) is 5.50. The lowest BCUT2D eigenvalue weighted by Gasteiger charge is -2.24. The van der Waals surface area contributed by atoms with Crippen LogP contribution in [0.15, 0.2) is 66.9 Å². The molecular weight excluding hydrogens is 421 g/mol. The summed E-state index contributed by atoms with van der Waals surface area (Å²) in [5.74, 6) is 0.139. The van der Waals surface area contributed by atoms with Gasteiger partial charge in [-0.25, -0.2) is 4.98 Å². The van der Waals surface area contributed by atoms with E-state index in [2.05, 4.69) is 4.98 Å². The van der Waals surface area contributed by atoms with Crippen LogP contribution in [0.2, 0.25) is 0 Å². The van der Waals surface area contributed by atoms with Gasteiger partial charge in [0.05, 0.1) is 18.7 Å². The van der Waals surface area contributed by atoms with Crippen LogP contribution in [0.25, 0.3) is 11.1 Å². The van der Waals surface area contributed by atoms with Crippen LogP contribution >= 0.6 is 0 Å². The Hall–Kier alpha value is -3.10. The predicted octanol–water partition coefficient (Wildman–Crippen LogP) is 4.45. The lowest BCUT2D eigenvalue weighted by atomic mass is 9.98. The first-order valence-corrected chi connectivity index (χ1v) is 10.3. The van der Waals surface area contributed by atoms with E-state index in [0.29, 0.717) is 25.1 Å². The minimum atomic E-state index is -4.44. The minimum absolute atomic E-state index is 0.139. The molecule has 4 rings (SSSR count). The van der Waals surface area contributed by atoms with Crippen LogP contribution in [0.5, 0.6) is 5.88 Å². The molecule has 168 valence electrons. The van der Waals surface area contributed by atoms with Crippen LogP contribution in [0, 0.1) is 0 Å². The standard InChI is InChI=1S/C24H23F3N2O3/c25-24(26,27)18-7-9-23(28-13-18)32-19-10-11-29(14-19)21-8-6-17(12-20(21)22(31)15-30)16-4-2-1-3-5-16/h1-9,12-13,19,22,30-31H,10-11,14-15H2. The Morgan fingerprint density at radius 2 is 1.84 bits per heavy atom. The maximum Gasteiger partial charge on any atom is 0.417 e. The van der Waals surface area contributed by atoms with Crippen molar-refractivity contribution in [2.45, 2.75) is 24.8 Å². The van der Waals surface area contributed by atoms with Gasteiger partial charge in [-0.1, -0.05) is 36.4 Å². The highest BCUT2D eigenvalue weighted by Gasteiger charge is 2.31. The second kappa shape index (κ2) is 9.18. The number of hydrogen-bond donors (Lipinski definition) is 2. The first-order valence-electron chi connectivity index (χ1n) is 10.3. The van der Waals surface area contributed by atoms with Crippen LogP contribution in [-0.4, -0.2) is 41.0 Å². The van der Waals surface area contributed by atoms with E-state index in [0.717, 1.165) is 29.1 Å². The van der Waals surface area contributed by atoms with E-state index in [4.69, 9.17) is 4.74 Å². The third kappa shape index (κ3) is 4.87. The van der Waals surface area contributed by atoms with Crippen LogP contribution < -0.4 is 9.64 Å². The molecule has 2 N–H and O–H groups in total. The van der Waals surface area contributed by atoms with Crippen molar-refractivity contribution in [1.29, 1.82) is 0 Å². The molecule has 32 heavy (non-hydrogen) atoms. The van der Waals surface area contributed by atoms with Gasteiger partial charge in [0, 0.05) is 36.5 Å². The van der Waals surface area contributed by atoms with Crippen molar-refractivity contribution >= 4 is 5.69 Å². The second-order valence-corrected chi connectivity index (χ2v) is 7.70. The molecule has 0 spiro atoms. The van der Waals surface area contributed by atoms with Gasteiger partial charge in [0.1, 0.15) is 12.2 Å². The molecule has 0 amide bonds. The van der Waals surface area contributed by atoms with Gasteiger partial charge >= 0.3 is 6.18 Å². The van der Waals surface area contributed by atoms with E-state index < -0.39 is 24.5 Å². The summed E-state index contributed by atoms with van der Waals surface area (Å²) in [7, 11) is 0. The van der Waals surface area contributed by atoms with Crippen molar-refractivity contribution < 1.29 is 28.1 Å². The Morgan fingerprint density at radius 1 is 1.06 bits per heavy atom. The quantitative estimate of drug-likeness (QED) is 0.588. The largest absolute Gasteiger partial charge is 0.472 e. The molecule has 1 aromatic heterocycles. The number of aliphatic hydroxyl groups is 2. The Balaban J connectivity index is 1.50. The van der Waals surface area contributed by atoms with Crippen LogP contribution in [0.4, 0.5) is 18.9 Å². The topological polar surface area (TPSA) is 65.8 Å². The fraction of sp³-hybridized carbons (Fsp3) is 0.292. The Labute approximate surface area is 183 Å². The van der Waals surface area contributed by atoms with Gasteiger partial charge in [-0.15, -0.1) is 0 Å². The molecule has 2 heterocycles. The minimum Gasteiger partial charge on any atom is -0.472 e. The summed E-state index contributed by atoms with van der Waals surface area (Å²) in [6.07, 6.45) is -4.32. The van der Waals surface area contributed by atoms with E-state index in [1.165, 1.54) is 6.07 Å². The third-order valence-corrected chi connectivity index (χ3v) is 5.50. The highest BCUT2D eigenvalue weighted by atomic mass is 19.4. The highest BCUT2D eigenvalue weighted by Crippen LogP contribution is 2.34. The first kappa shape index (κ1) is 22.1. The number of rotatable bonds is 6. The first-order chi connectivity index (χ1) is 15.3. The molecule has 1 aliphatic rings. The molecule has 3 aromatic rings. The second-order valence-electron chi connectivity index (χ2n) is 7.70. The number of hydrogen-bond acceptors (Lipinski definition) is 5. The number of nitrogens with zero attached hydrogens (tertiary/aromatic N) is 2. The molecule has 5 nitrogen and oxygen atoms in total. The number of alkyl halides is 3. The summed E-state index contributed by atoms with van der Waals surface area (Å²) in [5.41, 5.74) is 2.51. The zero-order chi connectivity index (χ0) is 22.7. The van der Waals surface area contributed by atoms with E-state index in [9.17, 15) is 23.4 Å². The van der Waals surface area contributed by atoms with Crippen molar-refractivity contribution in [3.8, 4) is 17.0 Å². The van der Waals surface area contributed by atoms with Gasteiger partial charge < -0.3 is 19.8 Å². The Morgan fingerprint density at radius 3 is 2.50 bits per heavy atom. The smallest absolute Gasteiger partial charge is 0.417 e. The van der Waals surface area contributed by atoms with Gasteiger partial charge in [-0.2, -0.15) is 13.2 Å². The molecule has 2 atom stereocenters. The maximum absolute atomic E-state index is 12.7. The average Bonchev–Trinajstić information content (AvgIpc) is 3.26. The zero-order valence-corrected chi connectivity index (χ0v) is 17.2. The van der Waals surface area contributed by atoms with E-state index in [1.807, 2.05) is 53.4 Å². The van der Waals surface area contributed by atoms with Crippen molar-refractivity contribution in [1.82, 2.24) is 4.98 Å². The molecule has 1 saturated heterocycles. The van der Waals surface area contributed by atoms with Gasteiger partial charge in [0.25, 0.3) is 0 Å². The fourth-order valence-electron chi connectivity index (χ4n) is 3.85. The molecule has 8 heteroatoms. The number of anilines is 1. The highest BCUT2D eigenvalue weighted by molar-refractivity contribution is 5.69. The summed E-state index contributed by atoms with van der Waals surface area (Å²) >= 11 is 0. The summed E-state index contributed by atoms with van der Waals surface area (Å²) in [4.78, 5) is 5.82. The maximum atomic E-state index is 12.7. The van der Waals surface area contributed by atoms with Crippen LogP contribution in [0.1, 0.15) is 23.7 Å². The van der Waals surface area contributed by atoms with Gasteiger partial charge in [0.15, 0.2) is 0 Å². The molecule has 2 unspecified atom stereocenters. The summed E-state index contributed by atoms with van der Waals surface area (Å²) in [5, 5.41) is 20.0. The number of benzene rings is 2. The SMILES string of the molecule is OCC(O)c1cc(-c2ccccc2)ccc1N1CCC(Oc2ccc(C(F)(F)F)cn2)C1. The van der Waals surface area contributed by atoms with E-state index >= 15 is 0 Å². The fourth-order valence-corrected chi connectivity index (χ4v) is 3.85. The van der Waals surface area contributed by atoms with Gasteiger partial charge in [-0.3, -0.25) is 0 Å². The summed E-state index contributed by atoms with van der Waals surface area (Å²) in [6, 6.07) is 17.7. The number of ether oxygens (including phenoxy) is 1. The lowest BCUT2D eigenvalue weighted by Crippen LogP contribution is -2.26. The molecule has 1 fully saturated rings. The zero-order valence-electron chi connectivity index (χ0n) is 17.2. The van der Waals surface area contributed by atoms with Gasteiger partial charge in [0.2, 0.25) is 5.88 Å². The predicted molar refractivity (Wildman–Crippen MR) is 114 cm³/mol. The number of aliphatic hydroxyl groups excluding tert-OH is 2. The number of halogens is 3. The Kier molecular flexibility index (Phi) is 6.34. The average molecular weight is 444 g/mol. The lowest BCUT2D eigenvalue weighted by molar-refractivity contribution is -0.137. The van der Waals surface area contributed by atoms with Crippen LogP contribution in [0.3, 0.4) is 0 Å². The molecule has 1 aliphatic heterocycles. The van der Waals surface area contributed by atoms with Gasteiger partial charge in [-0.05, 0) is 29.3 Å². The molecule has 0 bridgehead atoms. The number of aromatic nitrogens is 1. The molecule has 2 aromatic carbocycles. The number of pyridine rings is 1. The van der Waals surface area contributed by atoms with Crippen molar-refractivity contribution in [3.05, 3.63) is 78.0 Å². The summed E-state index contributed by atoms with van der Waals surface area (Å²) in [6.45, 7) is 0.716. The van der Waals surface area contributed by atoms with E-state index in [-0.39, 0.29) is 12.0 Å².